The maximum Gasteiger partial charge on any atom is 0.317 e. The molecular weight excluding hydrogens is 340 g/mol. The lowest BCUT2D eigenvalue weighted by molar-refractivity contribution is -0.116. The average molecular weight is 375 g/mol. The number of amides is 3. The number of benzene rings is 1. The standard InChI is InChI=1S/C21H34N4O2/c1-3-5-7-8-20(26)23-18-9-11-19(12-10-18)24-14-16-25(17-15-24)21(27)22-13-6-4-2/h9-12H,3-8,13-17H2,1-2H3,(H,22,27)(H,23,26). The van der Waals surface area contributed by atoms with Crippen LogP contribution in [0.3, 0.4) is 0 Å². The first-order valence-electron chi connectivity index (χ1n) is 10.3. The lowest BCUT2D eigenvalue weighted by atomic mass is 10.2. The van der Waals surface area contributed by atoms with Crippen molar-refractivity contribution in [2.45, 2.75) is 52.4 Å². The predicted octanol–water partition coefficient (Wildman–Crippen LogP) is 3.84. The van der Waals surface area contributed by atoms with Crippen molar-refractivity contribution in [1.82, 2.24) is 10.2 Å². The van der Waals surface area contributed by atoms with Gasteiger partial charge in [-0.2, -0.15) is 0 Å². The molecule has 6 heteroatoms. The number of hydrogen-bond donors (Lipinski definition) is 2. The fourth-order valence-electron chi connectivity index (χ4n) is 3.17. The number of anilines is 2. The van der Waals surface area contributed by atoms with Gasteiger partial charge in [-0.3, -0.25) is 4.79 Å². The van der Waals surface area contributed by atoms with Crippen molar-refractivity contribution in [1.29, 1.82) is 0 Å². The molecule has 1 fully saturated rings. The third kappa shape index (κ3) is 7.12. The second-order valence-corrected chi connectivity index (χ2v) is 7.11. The van der Waals surface area contributed by atoms with Crippen LogP contribution in [0.4, 0.5) is 16.2 Å². The first-order chi connectivity index (χ1) is 13.1. The van der Waals surface area contributed by atoms with E-state index in [1.54, 1.807) is 0 Å². The smallest absolute Gasteiger partial charge is 0.317 e. The summed E-state index contributed by atoms with van der Waals surface area (Å²) in [6.45, 7) is 8.11. The molecule has 150 valence electrons. The van der Waals surface area contributed by atoms with Crippen molar-refractivity contribution in [2.24, 2.45) is 0 Å². The Kier molecular flexibility index (Phi) is 8.95. The van der Waals surface area contributed by atoms with Crippen LogP contribution >= 0.6 is 0 Å². The molecule has 1 heterocycles. The number of carbonyl (C=O) groups excluding carboxylic acids is 2. The summed E-state index contributed by atoms with van der Waals surface area (Å²) < 4.78 is 0. The molecule has 1 saturated heterocycles. The summed E-state index contributed by atoms with van der Waals surface area (Å²) in [7, 11) is 0. The third-order valence-corrected chi connectivity index (χ3v) is 4.90. The molecule has 1 aromatic rings. The number of rotatable bonds is 9. The van der Waals surface area contributed by atoms with Gasteiger partial charge >= 0.3 is 6.03 Å². The normalized spacial score (nSPS) is 14.1. The highest BCUT2D eigenvalue weighted by Crippen LogP contribution is 2.20. The summed E-state index contributed by atoms with van der Waals surface area (Å²) in [6.07, 6.45) is 5.84. The molecule has 1 aromatic carbocycles. The number of urea groups is 1. The van der Waals surface area contributed by atoms with Gasteiger partial charge in [-0.05, 0) is 37.1 Å². The second-order valence-electron chi connectivity index (χ2n) is 7.11. The molecule has 0 atom stereocenters. The van der Waals surface area contributed by atoms with Gasteiger partial charge in [-0.25, -0.2) is 4.79 Å². The number of unbranched alkanes of at least 4 members (excludes halogenated alkanes) is 3. The minimum atomic E-state index is 0.0456. The molecular formula is C21H34N4O2. The van der Waals surface area contributed by atoms with E-state index in [1.165, 1.54) is 0 Å². The zero-order valence-electron chi connectivity index (χ0n) is 16.8. The molecule has 0 spiro atoms. The van der Waals surface area contributed by atoms with Crippen molar-refractivity contribution >= 4 is 23.3 Å². The van der Waals surface area contributed by atoms with Crippen LogP contribution in [-0.4, -0.2) is 49.6 Å². The van der Waals surface area contributed by atoms with Crippen LogP contribution in [-0.2, 0) is 4.79 Å². The van der Waals surface area contributed by atoms with Gasteiger partial charge in [-0.1, -0.05) is 33.1 Å². The van der Waals surface area contributed by atoms with E-state index in [2.05, 4.69) is 29.4 Å². The van der Waals surface area contributed by atoms with E-state index in [-0.39, 0.29) is 11.9 Å². The fourth-order valence-corrected chi connectivity index (χ4v) is 3.17. The zero-order valence-corrected chi connectivity index (χ0v) is 16.8. The quantitative estimate of drug-likeness (QED) is 0.646. The largest absolute Gasteiger partial charge is 0.368 e. The zero-order chi connectivity index (χ0) is 19.5. The van der Waals surface area contributed by atoms with Crippen molar-refractivity contribution in [2.75, 3.05) is 42.9 Å². The number of nitrogens with one attached hydrogen (secondary N) is 2. The van der Waals surface area contributed by atoms with E-state index in [0.717, 1.165) is 76.2 Å². The van der Waals surface area contributed by atoms with Crippen LogP contribution in [0, 0.1) is 0 Å². The summed E-state index contributed by atoms with van der Waals surface area (Å²) in [5.41, 5.74) is 1.97. The Morgan fingerprint density at radius 3 is 2.22 bits per heavy atom. The van der Waals surface area contributed by atoms with Crippen molar-refractivity contribution in [3.05, 3.63) is 24.3 Å². The van der Waals surface area contributed by atoms with Crippen LogP contribution in [0.25, 0.3) is 0 Å². The number of nitrogens with zero attached hydrogens (tertiary/aromatic N) is 2. The van der Waals surface area contributed by atoms with Gasteiger partial charge in [0.05, 0.1) is 0 Å². The Bertz CT molecular complexity index is 580. The summed E-state index contributed by atoms with van der Waals surface area (Å²) in [6, 6.07) is 8.04. The molecule has 27 heavy (non-hydrogen) atoms. The SMILES string of the molecule is CCCCCC(=O)Nc1ccc(N2CCN(C(=O)NCCCC)CC2)cc1. The predicted molar refractivity (Wildman–Crippen MR) is 111 cm³/mol. The number of piperazine rings is 1. The van der Waals surface area contributed by atoms with Crippen LogP contribution in [0.15, 0.2) is 24.3 Å². The van der Waals surface area contributed by atoms with Crippen LogP contribution in [0.2, 0.25) is 0 Å². The maximum absolute atomic E-state index is 12.1. The van der Waals surface area contributed by atoms with E-state index in [1.807, 2.05) is 29.2 Å². The Morgan fingerprint density at radius 2 is 1.59 bits per heavy atom. The highest BCUT2D eigenvalue weighted by Gasteiger charge is 2.20. The van der Waals surface area contributed by atoms with Gasteiger partial charge in [0, 0.05) is 50.5 Å². The van der Waals surface area contributed by atoms with Crippen LogP contribution in [0.5, 0.6) is 0 Å². The second kappa shape index (κ2) is 11.5. The highest BCUT2D eigenvalue weighted by atomic mass is 16.2. The summed E-state index contributed by atoms with van der Waals surface area (Å²) in [4.78, 5) is 28.2. The molecule has 2 rings (SSSR count). The van der Waals surface area contributed by atoms with Gasteiger partial charge in [0.15, 0.2) is 0 Å². The van der Waals surface area contributed by atoms with E-state index >= 15 is 0 Å². The summed E-state index contributed by atoms with van der Waals surface area (Å²) >= 11 is 0. The topological polar surface area (TPSA) is 64.7 Å². The molecule has 0 aliphatic carbocycles. The van der Waals surface area contributed by atoms with Gasteiger partial charge in [0.1, 0.15) is 0 Å². The number of hydrogen-bond acceptors (Lipinski definition) is 3. The van der Waals surface area contributed by atoms with Gasteiger partial charge in [0.25, 0.3) is 0 Å². The average Bonchev–Trinajstić information content (AvgIpc) is 2.69. The number of carbonyl (C=O) groups is 2. The molecule has 3 amide bonds. The van der Waals surface area contributed by atoms with E-state index in [0.29, 0.717) is 6.42 Å². The minimum absolute atomic E-state index is 0.0456. The molecule has 1 aliphatic heterocycles. The summed E-state index contributed by atoms with van der Waals surface area (Å²) in [5, 5.41) is 5.94. The maximum atomic E-state index is 12.1. The van der Waals surface area contributed by atoms with Crippen LogP contribution in [0.1, 0.15) is 52.4 Å². The molecule has 0 radical (unpaired) electrons. The van der Waals surface area contributed by atoms with E-state index in [4.69, 9.17) is 0 Å². The van der Waals surface area contributed by atoms with Gasteiger partial charge < -0.3 is 20.4 Å². The highest BCUT2D eigenvalue weighted by molar-refractivity contribution is 5.90. The molecule has 2 N–H and O–H groups in total. The lowest BCUT2D eigenvalue weighted by Gasteiger charge is -2.36. The van der Waals surface area contributed by atoms with Crippen molar-refractivity contribution in [3.63, 3.8) is 0 Å². The lowest BCUT2D eigenvalue weighted by Crippen LogP contribution is -2.52. The molecule has 0 aromatic heterocycles. The Morgan fingerprint density at radius 1 is 0.926 bits per heavy atom. The molecule has 0 saturated carbocycles. The molecule has 6 nitrogen and oxygen atoms in total. The first-order valence-corrected chi connectivity index (χ1v) is 10.3. The monoisotopic (exact) mass is 374 g/mol. The fraction of sp³-hybridized carbons (Fsp3) is 0.619. The molecule has 0 unspecified atom stereocenters. The van der Waals surface area contributed by atoms with Crippen molar-refractivity contribution < 1.29 is 9.59 Å². The van der Waals surface area contributed by atoms with E-state index < -0.39 is 0 Å². The Balaban J connectivity index is 1.76. The Hall–Kier alpha value is -2.24. The third-order valence-electron chi connectivity index (χ3n) is 4.90. The van der Waals surface area contributed by atoms with Crippen molar-refractivity contribution in [3.8, 4) is 0 Å². The van der Waals surface area contributed by atoms with E-state index in [9.17, 15) is 9.59 Å². The Labute approximate surface area is 163 Å². The first kappa shape index (κ1) is 21.1. The molecule has 0 bridgehead atoms. The van der Waals surface area contributed by atoms with Crippen LogP contribution < -0.4 is 15.5 Å². The summed E-state index contributed by atoms with van der Waals surface area (Å²) in [5.74, 6) is 0.0823. The van der Waals surface area contributed by atoms with Gasteiger partial charge in [-0.15, -0.1) is 0 Å². The van der Waals surface area contributed by atoms with Gasteiger partial charge in [0.2, 0.25) is 5.91 Å². The molecule has 1 aliphatic rings. The minimum Gasteiger partial charge on any atom is -0.368 e.